The third kappa shape index (κ3) is 2.27. The van der Waals surface area contributed by atoms with E-state index in [-0.39, 0.29) is 5.91 Å². The minimum Gasteiger partial charge on any atom is -0.312 e. The molecule has 4 heteroatoms. The summed E-state index contributed by atoms with van der Waals surface area (Å²) in [7, 11) is 0. The molecular formula is C16H10N2OS. The van der Waals surface area contributed by atoms with Gasteiger partial charge in [-0.15, -0.1) is 11.3 Å². The lowest BCUT2D eigenvalue weighted by molar-refractivity contribution is 0.102. The fourth-order valence-electron chi connectivity index (χ4n) is 2.00. The maximum Gasteiger partial charge on any atom is 0.256 e. The molecule has 3 aromatic rings. The highest BCUT2D eigenvalue weighted by Crippen LogP contribution is 2.23. The molecule has 0 unspecified atom stereocenters. The van der Waals surface area contributed by atoms with E-state index in [0.717, 1.165) is 10.8 Å². The molecule has 1 amide bonds. The first-order valence-corrected chi connectivity index (χ1v) is 6.93. The molecular weight excluding hydrogens is 268 g/mol. The number of carbonyl (C=O) groups excluding carboxylic acids is 1. The van der Waals surface area contributed by atoms with E-state index in [4.69, 9.17) is 5.26 Å². The zero-order valence-electron chi connectivity index (χ0n) is 10.5. The summed E-state index contributed by atoms with van der Waals surface area (Å²) in [5, 5.41) is 16.2. The summed E-state index contributed by atoms with van der Waals surface area (Å²) in [4.78, 5) is 12.2. The highest BCUT2D eigenvalue weighted by atomic mass is 32.1. The number of carbonyl (C=O) groups is 1. The van der Waals surface area contributed by atoms with Crippen LogP contribution in [0.25, 0.3) is 10.8 Å². The molecule has 3 nitrogen and oxygen atoms in total. The second-order valence-electron chi connectivity index (χ2n) is 4.29. The molecule has 1 N–H and O–H groups in total. The first-order valence-electron chi connectivity index (χ1n) is 6.05. The van der Waals surface area contributed by atoms with Gasteiger partial charge in [-0.2, -0.15) is 5.26 Å². The Morgan fingerprint density at radius 1 is 1.10 bits per heavy atom. The Kier molecular flexibility index (Phi) is 3.20. The lowest BCUT2D eigenvalue weighted by Gasteiger charge is -2.05. The van der Waals surface area contributed by atoms with E-state index in [1.165, 1.54) is 11.3 Å². The largest absolute Gasteiger partial charge is 0.312 e. The molecule has 3 rings (SSSR count). The predicted molar refractivity (Wildman–Crippen MR) is 80.9 cm³/mol. The Balaban J connectivity index is 1.91. The first-order chi connectivity index (χ1) is 9.78. The van der Waals surface area contributed by atoms with Gasteiger partial charge >= 0.3 is 0 Å². The van der Waals surface area contributed by atoms with Crippen LogP contribution in [0.15, 0.2) is 53.9 Å². The molecule has 0 radical (unpaired) electrons. The van der Waals surface area contributed by atoms with Crippen LogP contribution < -0.4 is 5.32 Å². The molecule has 0 aliphatic rings. The van der Waals surface area contributed by atoms with Gasteiger partial charge in [0.25, 0.3) is 5.91 Å². The smallest absolute Gasteiger partial charge is 0.256 e. The number of benzene rings is 2. The van der Waals surface area contributed by atoms with Gasteiger partial charge in [0, 0.05) is 5.56 Å². The third-order valence-corrected chi connectivity index (χ3v) is 3.85. The molecule has 96 valence electrons. The molecule has 0 aliphatic carbocycles. The summed E-state index contributed by atoms with van der Waals surface area (Å²) in [6.45, 7) is 0. The van der Waals surface area contributed by atoms with Crippen LogP contribution in [0, 0.1) is 11.3 Å². The lowest BCUT2D eigenvalue weighted by Crippen LogP contribution is -2.11. The van der Waals surface area contributed by atoms with Crippen molar-refractivity contribution < 1.29 is 4.79 Å². The molecule has 0 saturated carbocycles. The summed E-state index contributed by atoms with van der Waals surface area (Å²) in [6, 6.07) is 17.2. The van der Waals surface area contributed by atoms with Gasteiger partial charge in [-0.1, -0.05) is 30.3 Å². The molecule has 0 bridgehead atoms. The van der Waals surface area contributed by atoms with Gasteiger partial charge in [-0.3, -0.25) is 4.79 Å². The number of fused-ring (bicyclic) bond motifs is 1. The number of rotatable bonds is 2. The monoisotopic (exact) mass is 278 g/mol. The quantitative estimate of drug-likeness (QED) is 0.769. The van der Waals surface area contributed by atoms with Crippen molar-refractivity contribution in [2.75, 3.05) is 5.32 Å². The summed E-state index contributed by atoms with van der Waals surface area (Å²) >= 11 is 1.35. The number of thiophene rings is 1. The van der Waals surface area contributed by atoms with Crippen LogP contribution in [0.1, 0.15) is 15.9 Å². The molecule has 0 atom stereocenters. The summed E-state index contributed by atoms with van der Waals surface area (Å²) in [5.41, 5.74) is 1.07. The number of nitrogens with zero attached hydrogens (tertiary/aromatic N) is 1. The van der Waals surface area contributed by atoms with Gasteiger partial charge in [0.05, 0.1) is 5.56 Å². The van der Waals surface area contributed by atoms with E-state index >= 15 is 0 Å². The molecule has 1 heterocycles. The highest BCUT2D eigenvalue weighted by Gasteiger charge is 2.10. The van der Waals surface area contributed by atoms with E-state index in [1.807, 2.05) is 36.4 Å². The Bertz CT molecular complexity index is 830. The van der Waals surface area contributed by atoms with Crippen molar-refractivity contribution in [1.29, 1.82) is 5.26 Å². The lowest BCUT2D eigenvalue weighted by atomic mass is 10.1. The minimum absolute atomic E-state index is 0.199. The van der Waals surface area contributed by atoms with Crippen molar-refractivity contribution in [3.05, 3.63) is 65.0 Å². The molecule has 0 aliphatic heterocycles. The summed E-state index contributed by atoms with van der Waals surface area (Å²) in [5.74, 6) is -0.199. The van der Waals surface area contributed by atoms with Crippen molar-refractivity contribution in [2.24, 2.45) is 0 Å². The average molecular weight is 278 g/mol. The van der Waals surface area contributed by atoms with Crippen LogP contribution >= 0.6 is 11.3 Å². The van der Waals surface area contributed by atoms with E-state index in [0.29, 0.717) is 16.1 Å². The van der Waals surface area contributed by atoms with Crippen molar-refractivity contribution in [1.82, 2.24) is 0 Å². The number of hydrogen-bond donors (Lipinski definition) is 1. The van der Waals surface area contributed by atoms with Crippen LogP contribution in [-0.4, -0.2) is 5.91 Å². The standard InChI is InChI=1S/C16H10N2OS/c17-10-14-7-8-20-16(14)18-15(19)13-6-5-11-3-1-2-4-12(11)9-13/h1-9H,(H,18,19). The van der Waals surface area contributed by atoms with Gasteiger partial charge in [0.2, 0.25) is 0 Å². The predicted octanol–water partition coefficient (Wildman–Crippen LogP) is 4.03. The Morgan fingerprint density at radius 2 is 1.90 bits per heavy atom. The third-order valence-electron chi connectivity index (χ3n) is 3.02. The fourth-order valence-corrected chi connectivity index (χ4v) is 2.73. The van der Waals surface area contributed by atoms with Gasteiger partial charge in [-0.25, -0.2) is 0 Å². The van der Waals surface area contributed by atoms with Crippen molar-refractivity contribution >= 4 is 33.0 Å². The van der Waals surface area contributed by atoms with Crippen LogP contribution in [0.4, 0.5) is 5.00 Å². The zero-order valence-corrected chi connectivity index (χ0v) is 11.3. The second-order valence-corrected chi connectivity index (χ2v) is 5.21. The molecule has 0 spiro atoms. The number of anilines is 1. The Hall–Kier alpha value is -2.64. The van der Waals surface area contributed by atoms with Gasteiger partial charge < -0.3 is 5.32 Å². The average Bonchev–Trinajstić information content (AvgIpc) is 2.94. The van der Waals surface area contributed by atoms with Crippen LogP contribution in [0.5, 0.6) is 0 Å². The molecule has 20 heavy (non-hydrogen) atoms. The van der Waals surface area contributed by atoms with E-state index in [1.54, 1.807) is 17.5 Å². The van der Waals surface area contributed by atoms with Crippen LogP contribution in [0.3, 0.4) is 0 Å². The number of amides is 1. The van der Waals surface area contributed by atoms with Crippen molar-refractivity contribution in [3.63, 3.8) is 0 Å². The van der Waals surface area contributed by atoms with Gasteiger partial charge in [-0.05, 0) is 34.4 Å². The number of nitrogens with one attached hydrogen (secondary N) is 1. The fraction of sp³-hybridized carbons (Fsp3) is 0. The van der Waals surface area contributed by atoms with Crippen molar-refractivity contribution in [3.8, 4) is 6.07 Å². The number of nitriles is 1. The Morgan fingerprint density at radius 3 is 2.70 bits per heavy atom. The maximum atomic E-state index is 12.2. The molecule has 0 saturated heterocycles. The van der Waals surface area contributed by atoms with Gasteiger partial charge in [0.1, 0.15) is 11.1 Å². The molecule has 2 aromatic carbocycles. The van der Waals surface area contributed by atoms with Gasteiger partial charge in [0.15, 0.2) is 0 Å². The minimum atomic E-state index is -0.199. The van der Waals surface area contributed by atoms with Crippen LogP contribution in [0.2, 0.25) is 0 Å². The van der Waals surface area contributed by atoms with Crippen LogP contribution in [-0.2, 0) is 0 Å². The van der Waals surface area contributed by atoms with E-state index < -0.39 is 0 Å². The molecule has 1 aromatic heterocycles. The normalized spacial score (nSPS) is 10.2. The maximum absolute atomic E-state index is 12.2. The summed E-state index contributed by atoms with van der Waals surface area (Å²) in [6.07, 6.45) is 0. The SMILES string of the molecule is N#Cc1ccsc1NC(=O)c1ccc2ccccc2c1. The molecule has 0 fully saturated rings. The summed E-state index contributed by atoms with van der Waals surface area (Å²) < 4.78 is 0. The highest BCUT2D eigenvalue weighted by molar-refractivity contribution is 7.14. The second kappa shape index (κ2) is 5.16. The van der Waals surface area contributed by atoms with E-state index in [2.05, 4.69) is 11.4 Å². The zero-order chi connectivity index (χ0) is 13.9. The topological polar surface area (TPSA) is 52.9 Å². The number of hydrogen-bond acceptors (Lipinski definition) is 3. The Labute approximate surface area is 120 Å². The first kappa shape index (κ1) is 12.4. The van der Waals surface area contributed by atoms with Crippen molar-refractivity contribution in [2.45, 2.75) is 0 Å². The van der Waals surface area contributed by atoms with E-state index in [9.17, 15) is 4.79 Å².